The zero-order valence-corrected chi connectivity index (χ0v) is 13.9. The van der Waals surface area contributed by atoms with Crippen LogP contribution in [0.2, 0.25) is 0 Å². The lowest BCUT2D eigenvalue weighted by Gasteiger charge is -2.38. The van der Waals surface area contributed by atoms with Gasteiger partial charge in [0.15, 0.2) is 4.33 Å². The van der Waals surface area contributed by atoms with Crippen molar-refractivity contribution in [3.05, 3.63) is 35.4 Å². The monoisotopic (exact) mass is 388 g/mol. The third-order valence-corrected chi connectivity index (χ3v) is 6.20. The molecule has 0 amide bonds. The first-order valence-electron chi connectivity index (χ1n) is 4.57. The van der Waals surface area contributed by atoms with E-state index in [0.29, 0.717) is 5.56 Å². The molecule has 1 aromatic rings. The molecular formula is C10H7Cl7O. The highest BCUT2D eigenvalue weighted by atomic mass is 35.6. The van der Waals surface area contributed by atoms with Gasteiger partial charge in [0.05, 0.1) is 6.61 Å². The Morgan fingerprint density at radius 3 is 1.83 bits per heavy atom. The second-order valence-corrected chi connectivity index (χ2v) is 8.40. The van der Waals surface area contributed by atoms with Crippen LogP contribution in [0.15, 0.2) is 24.3 Å². The molecule has 8 heteroatoms. The molecule has 1 N–H and O–H groups in total. The van der Waals surface area contributed by atoms with Gasteiger partial charge in [-0.2, -0.15) is 0 Å². The van der Waals surface area contributed by atoms with Crippen LogP contribution in [0, 0.1) is 0 Å². The smallest absolute Gasteiger partial charge is 0.226 e. The van der Waals surface area contributed by atoms with Crippen molar-refractivity contribution in [1.29, 1.82) is 0 Å². The topological polar surface area (TPSA) is 20.2 Å². The number of halogens is 7. The van der Waals surface area contributed by atoms with Gasteiger partial charge in [-0.1, -0.05) is 105 Å². The lowest BCUT2D eigenvalue weighted by molar-refractivity contribution is 0.280. The van der Waals surface area contributed by atoms with Crippen LogP contribution in [0.1, 0.15) is 11.1 Å². The third kappa shape index (κ3) is 3.10. The molecule has 0 unspecified atom stereocenters. The van der Waals surface area contributed by atoms with Gasteiger partial charge in [0.25, 0.3) is 0 Å². The predicted molar refractivity (Wildman–Crippen MR) is 80.5 cm³/mol. The Kier molecular flexibility index (Phi) is 5.67. The Balaban J connectivity index is 3.37. The van der Waals surface area contributed by atoms with Gasteiger partial charge < -0.3 is 5.11 Å². The molecule has 1 nitrogen and oxygen atoms in total. The third-order valence-electron chi connectivity index (χ3n) is 2.28. The second kappa shape index (κ2) is 5.91. The van der Waals surface area contributed by atoms with Gasteiger partial charge in [0, 0.05) is 0 Å². The fraction of sp³-hybridized carbons (Fsp3) is 0.400. The summed E-state index contributed by atoms with van der Waals surface area (Å²) in [5.74, 6) is 0. The Morgan fingerprint density at radius 1 is 0.889 bits per heavy atom. The van der Waals surface area contributed by atoms with E-state index in [1.54, 1.807) is 24.3 Å². The Morgan fingerprint density at radius 2 is 1.39 bits per heavy atom. The molecule has 0 atom stereocenters. The van der Waals surface area contributed by atoms with Gasteiger partial charge in [-0.25, -0.2) is 0 Å². The van der Waals surface area contributed by atoms with E-state index in [1.165, 1.54) is 0 Å². The first-order valence-corrected chi connectivity index (χ1v) is 7.22. The minimum Gasteiger partial charge on any atom is -0.392 e. The van der Waals surface area contributed by atoms with E-state index in [-0.39, 0.29) is 12.2 Å². The van der Waals surface area contributed by atoms with Crippen molar-refractivity contribution < 1.29 is 5.11 Å². The minimum absolute atomic E-state index is 0.271. The summed E-state index contributed by atoms with van der Waals surface area (Å²) in [6, 6.07) is 6.49. The molecule has 0 radical (unpaired) electrons. The summed E-state index contributed by atoms with van der Waals surface area (Å²) in [5, 5.41) is 9.25. The average Bonchev–Trinajstić information content (AvgIpc) is 2.27. The lowest BCUT2D eigenvalue weighted by Crippen LogP contribution is -2.45. The number of hydrogen-bond acceptors (Lipinski definition) is 1. The van der Waals surface area contributed by atoms with Crippen molar-refractivity contribution in [3.63, 3.8) is 0 Å². The first kappa shape index (κ1) is 17.3. The Labute approximate surface area is 140 Å². The second-order valence-electron chi connectivity index (χ2n) is 3.46. The van der Waals surface area contributed by atoms with Crippen molar-refractivity contribution in [2.45, 2.75) is 19.1 Å². The highest BCUT2D eigenvalue weighted by Gasteiger charge is 2.61. The van der Waals surface area contributed by atoms with Crippen molar-refractivity contribution in [1.82, 2.24) is 0 Å². The van der Waals surface area contributed by atoms with Crippen LogP contribution in [0.4, 0.5) is 0 Å². The van der Waals surface area contributed by atoms with E-state index in [9.17, 15) is 5.11 Å². The molecule has 0 aliphatic heterocycles. The normalized spacial score (nSPS) is 13.8. The van der Waals surface area contributed by atoms with E-state index in [1.807, 2.05) is 0 Å². The number of alkyl halides is 7. The van der Waals surface area contributed by atoms with Crippen LogP contribution in [-0.4, -0.2) is 13.2 Å². The van der Waals surface area contributed by atoms with Crippen molar-refractivity contribution in [3.8, 4) is 0 Å². The van der Waals surface area contributed by atoms with Crippen LogP contribution in [0.25, 0.3) is 0 Å². The quantitative estimate of drug-likeness (QED) is 0.689. The predicted octanol–water partition coefficient (Wildman–Crippen LogP) is 5.35. The summed E-state index contributed by atoms with van der Waals surface area (Å²) in [4.78, 5) is 0. The van der Waals surface area contributed by atoms with Crippen molar-refractivity contribution in [2.75, 3.05) is 0 Å². The van der Waals surface area contributed by atoms with E-state index in [2.05, 4.69) is 0 Å². The maximum absolute atomic E-state index is 9.25. The molecule has 0 saturated heterocycles. The zero-order valence-electron chi connectivity index (χ0n) is 8.61. The van der Waals surface area contributed by atoms with Crippen molar-refractivity contribution >= 4 is 81.2 Å². The van der Waals surface area contributed by atoms with Gasteiger partial charge in [-0.15, -0.1) is 0 Å². The number of aliphatic hydroxyl groups is 1. The van der Waals surface area contributed by atoms with Gasteiger partial charge >= 0.3 is 0 Å². The molecule has 0 bridgehead atoms. The van der Waals surface area contributed by atoms with Crippen LogP contribution in [-0.2, 0) is 10.9 Å². The standard InChI is InChI=1S/C10H7Cl7O/c11-8(12,9(13,14)10(15,16)17)7-4-2-1-3-6(7)5-18/h1-4,18H,5H2. The van der Waals surface area contributed by atoms with Gasteiger partial charge in [0.2, 0.25) is 8.13 Å². The van der Waals surface area contributed by atoms with Gasteiger partial charge in [-0.05, 0) is 11.1 Å². The van der Waals surface area contributed by atoms with Crippen LogP contribution in [0.5, 0.6) is 0 Å². The molecule has 0 saturated carbocycles. The zero-order chi connectivity index (χ0) is 14.2. The molecule has 0 aliphatic rings. The molecule has 0 aliphatic carbocycles. The number of hydrogen-bond donors (Lipinski definition) is 1. The van der Waals surface area contributed by atoms with Crippen LogP contribution >= 0.6 is 81.2 Å². The first-order chi connectivity index (χ1) is 8.05. The average molecular weight is 391 g/mol. The highest BCUT2D eigenvalue weighted by Crippen LogP contribution is 2.60. The summed E-state index contributed by atoms with van der Waals surface area (Å²) in [6.07, 6.45) is 0. The minimum atomic E-state index is -2.12. The molecule has 0 heterocycles. The Bertz CT molecular complexity index is 424. The lowest BCUT2D eigenvalue weighted by atomic mass is 10.0. The SMILES string of the molecule is OCc1ccccc1C(Cl)(Cl)C(Cl)(Cl)C(Cl)(Cl)Cl. The summed E-state index contributed by atoms with van der Waals surface area (Å²) >= 11 is 41.4. The number of rotatable bonds is 3. The highest BCUT2D eigenvalue weighted by molar-refractivity contribution is 6.78. The Hall–Kier alpha value is 1.21. The van der Waals surface area contributed by atoms with Crippen molar-refractivity contribution in [2.24, 2.45) is 0 Å². The van der Waals surface area contributed by atoms with Gasteiger partial charge in [-0.3, -0.25) is 0 Å². The fourth-order valence-corrected chi connectivity index (χ4v) is 2.88. The van der Waals surface area contributed by atoms with E-state index in [4.69, 9.17) is 81.2 Å². The van der Waals surface area contributed by atoms with Crippen LogP contribution < -0.4 is 0 Å². The molecular weight excluding hydrogens is 384 g/mol. The summed E-state index contributed by atoms with van der Waals surface area (Å²) in [5.41, 5.74) is 0.703. The molecule has 102 valence electrons. The van der Waals surface area contributed by atoms with Crippen LogP contribution in [0.3, 0.4) is 0 Å². The number of aliphatic hydroxyl groups excluding tert-OH is 1. The molecule has 18 heavy (non-hydrogen) atoms. The van der Waals surface area contributed by atoms with E-state index in [0.717, 1.165) is 0 Å². The maximum Gasteiger partial charge on any atom is 0.226 e. The maximum atomic E-state index is 9.25. The molecule has 0 spiro atoms. The number of benzene rings is 1. The molecule has 0 fully saturated rings. The fourth-order valence-electron chi connectivity index (χ4n) is 1.31. The van der Waals surface area contributed by atoms with Gasteiger partial charge in [0.1, 0.15) is 0 Å². The molecule has 1 aromatic carbocycles. The molecule has 0 aromatic heterocycles. The summed E-state index contributed by atoms with van der Waals surface area (Å²) < 4.78 is -6.15. The summed E-state index contributed by atoms with van der Waals surface area (Å²) in [6.45, 7) is -0.304. The largest absolute Gasteiger partial charge is 0.392 e. The van der Waals surface area contributed by atoms with E-state index < -0.39 is 12.5 Å². The van der Waals surface area contributed by atoms with E-state index >= 15 is 0 Å². The molecule has 1 rings (SSSR count). The summed E-state index contributed by atoms with van der Waals surface area (Å²) in [7, 11) is 0.